The lowest BCUT2D eigenvalue weighted by Crippen LogP contribution is -2.61. The minimum atomic E-state index is 0.00773. The molecule has 1 fully saturated rings. The van der Waals surface area contributed by atoms with Gasteiger partial charge in [-0.1, -0.05) is 0 Å². The summed E-state index contributed by atoms with van der Waals surface area (Å²) in [5, 5.41) is 7.48. The summed E-state index contributed by atoms with van der Waals surface area (Å²) in [5.41, 5.74) is 2.53. The van der Waals surface area contributed by atoms with E-state index >= 15 is 0 Å². The number of aryl methyl sites for hydroxylation is 1. The minimum Gasteiger partial charge on any atom is -0.375 e. The molecular formula is C10H17N3O. The fourth-order valence-corrected chi connectivity index (χ4v) is 1.81. The summed E-state index contributed by atoms with van der Waals surface area (Å²) >= 11 is 0. The normalized spacial score (nSPS) is 19.4. The second-order valence-electron chi connectivity index (χ2n) is 4.05. The highest BCUT2D eigenvalue weighted by Crippen LogP contribution is 2.22. The Kier molecular flexibility index (Phi) is 2.33. The predicted molar refractivity (Wildman–Crippen MR) is 54.3 cm³/mol. The van der Waals surface area contributed by atoms with Gasteiger partial charge in [0.2, 0.25) is 0 Å². The molecule has 0 spiro atoms. The van der Waals surface area contributed by atoms with Gasteiger partial charge in [-0.15, -0.1) is 0 Å². The number of nitrogens with one attached hydrogen (secondary N) is 1. The number of hydrogen-bond donors (Lipinski definition) is 1. The van der Waals surface area contributed by atoms with Crippen LogP contribution in [0.1, 0.15) is 11.3 Å². The first-order chi connectivity index (χ1) is 6.67. The molecule has 0 bridgehead atoms. The van der Waals surface area contributed by atoms with E-state index in [-0.39, 0.29) is 5.60 Å². The highest BCUT2D eigenvalue weighted by atomic mass is 16.5. The van der Waals surface area contributed by atoms with Crippen LogP contribution in [0.5, 0.6) is 0 Å². The van der Waals surface area contributed by atoms with Crippen LogP contribution < -0.4 is 5.32 Å². The molecule has 1 aromatic rings. The van der Waals surface area contributed by atoms with Crippen molar-refractivity contribution in [2.24, 2.45) is 7.05 Å². The van der Waals surface area contributed by atoms with Crippen LogP contribution >= 0.6 is 0 Å². The number of methoxy groups -OCH3 is 1. The van der Waals surface area contributed by atoms with Crippen LogP contribution in [0.4, 0.5) is 0 Å². The zero-order valence-corrected chi connectivity index (χ0v) is 9.00. The quantitative estimate of drug-likeness (QED) is 0.752. The van der Waals surface area contributed by atoms with Crippen LogP contribution in [0.25, 0.3) is 0 Å². The van der Waals surface area contributed by atoms with Gasteiger partial charge in [0.1, 0.15) is 0 Å². The fourth-order valence-electron chi connectivity index (χ4n) is 1.81. The lowest BCUT2D eigenvalue weighted by molar-refractivity contribution is -0.0503. The van der Waals surface area contributed by atoms with E-state index < -0.39 is 0 Å². The number of nitrogens with zero attached hydrogens (tertiary/aromatic N) is 2. The highest BCUT2D eigenvalue weighted by Gasteiger charge is 2.37. The third kappa shape index (κ3) is 1.44. The van der Waals surface area contributed by atoms with Gasteiger partial charge in [-0.05, 0) is 12.5 Å². The van der Waals surface area contributed by atoms with Crippen LogP contribution in [-0.4, -0.2) is 35.6 Å². The molecule has 2 rings (SSSR count). The molecule has 1 aromatic heterocycles. The van der Waals surface area contributed by atoms with Crippen molar-refractivity contribution >= 4 is 0 Å². The van der Waals surface area contributed by atoms with Crippen LogP contribution in [0.15, 0.2) is 6.20 Å². The van der Waals surface area contributed by atoms with Crippen molar-refractivity contribution in [3.05, 3.63) is 17.5 Å². The third-order valence-electron chi connectivity index (χ3n) is 3.18. The van der Waals surface area contributed by atoms with E-state index in [0.717, 1.165) is 19.5 Å². The Labute approximate surface area is 84.3 Å². The van der Waals surface area contributed by atoms with Gasteiger partial charge in [0.05, 0.1) is 11.8 Å². The second-order valence-corrected chi connectivity index (χ2v) is 4.05. The van der Waals surface area contributed by atoms with E-state index in [4.69, 9.17) is 4.74 Å². The Balaban J connectivity index is 2.13. The molecule has 0 atom stereocenters. The molecule has 0 amide bonds. The fraction of sp³-hybridized carbons (Fsp3) is 0.700. The van der Waals surface area contributed by atoms with Crippen LogP contribution in [0.3, 0.4) is 0 Å². The molecule has 0 aromatic carbocycles. The van der Waals surface area contributed by atoms with Crippen molar-refractivity contribution < 1.29 is 4.74 Å². The Morgan fingerprint density at radius 2 is 2.36 bits per heavy atom. The Morgan fingerprint density at radius 1 is 1.64 bits per heavy atom. The first-order valence-corrected chi connectivity index (χ1v) is 4.90. The van der Waals surface area contributed by atoms with Gasteiger partial charge in [-0.2, -0.15) is 5.10 Å². The number of aromatic nitrogens is 2. The van der Waals surface area contributed by atoms with E-state index in [0.29, 0.717) is 0 Å². The Hall–Kier alpha value is -0.870. The number of ether oxygens (including phenoxy) is 1. The molecule has 0 saturated carbocycles. The van der Waals surface area contributed by atoms with E-state index in [2.05, 4.69) is 17.3 Å². The number of rotatable bonds is 3. The van der Waals surface area contributed by atoms with E-state index in [1.165, 1.54) is 11.3 Å². The summed E-state index contributed by atoms with van der Waals surface area (Å²) in [6, 6.07) is 0. The predicted octanol–water partition coefficient (Wildman–Crippen LogP) is 0.259. The zero-order valence-electron chi connectivity index (χ0n) is 9.00. The molecule has 78 valence electrons. The largest absolute Gasteiger partial charge is 0.375 e. The monoisotopic (exact) mass is 195 g/mol. The van der Waals surface area contributed by atoms with Gasteiger partial charge in [-0.3, -0.25) is 4.68 Å². The lowest BCUT2D eigenvalue weighted by atomic mass is 9.89. The van der Waals surface area contributed by atoms with Crippen molar-refractivity contribution in [1.82, 2.24) is 15.1 Å². The van der Waals surface area contributed by atoms with Gasteiger partial charge in [0, 0.05) is 39.4 Å². The summed E-state index contributed by atoms with van der Waals surface area (Å²) in [6.07, 6.45) is 2.89. The average molecular weight is 195 g/mol. The Morgan fingerprint density at radius 3 is 2.71 bits per heavy atom. The van der Waals surface area contributed by atoms with Gasteiger partial charge in [0.25, 0.3) is 0 Å². The zero-order chi connectivity index (χ0) is 10.2. The lowest BCUT2D eigenvalue weighted by Gasteiger charge is -2.41. The maximum absolute atomic E-state index is 5.54. The van der Waals surface area contributed by atoms with Crippen LogP contribution in [-0.2, 0) is 18.2 Å². The van der Waals surface area contributed by atoms with Crippen molar-refractivity contribution in [3.63, 3.8) is 0 Å². The first-order valence-electron chi connectivity index (χ1n) is 4.90. The van der Waals surface area contributed by atoms with Crippen molar-refractivity contribution in [2.75, 3.05) is 20.2 Å². The maximum Gasteiger partial charge on any atom is 0.0967 e. The van der Waals surface area contributed by atoms with Crippen molar-refractivity contribution in [3.8, 4) is 0 Å². The minimum absolute atomic E-state index is 0.00773. The molecular weight excluding hydrogens is 178 g/mol. The van der Waals surface area contributed by atoms with Gasteiger partial charge in [0.15, 0.2) is 0 Å². The molecule has 1 saturated heterocycles. The number of hydrogen-bond acceptors (Lipinski definition) is 3. The smallest absolute Gasteiger partial charge is 0.0967 e. The molecule has 14 heavy (non-hydrogen) atoms. The van der Waals surface area contributed by atoms with Crippen molar-refractivity contribution in [2.45, 2.75) is 18.9 Å². The molecule has 1 N–H and O–H groups in total. The summed E-state index contributed by atoms with van der Waals surface area (Å²) < 4.78 is 7.45. The van der Waals surface area contributed by atoms with Crippen LogP contribution in [0, 0.1) is 6.92 Å². The summed E-state index contributed by atoms with van der Waals surface area (Å²) in [7, 11) is 3.75. The van der Waals surface area contributed by atoms with E-state index in [1.54, 1.807) is 7.11 Å². The van der Waals surface area contributed by atoms with E-state index in [1.807, 2.05) is 17.9 Å². The summed E-state index contributed by atoms with van der Waals surface area (Å²) in [5.74, 6) is 0. The molecule has 0 unspecified atom stereocenters. The SMILES string of the molecule is COC1(Cc2cnn(C)c2C)CNC1. The standard InChI is InChI=1S/C10H17N3O/c1-8-9(5-12-13(8)2)4-10(14-3)6-11-7-10/h5,11H,4,6-7H2,1-3H3. The molecule has 1 aliphatic heterocycles. The molecule has 1 aliphatic rings. The topological polar surface area (TPSA) is 39.1 Å². The summed E-state index contributed by atoms with van der Waals surface area (Å²) in [4.78, 5) is 0. The molecule has 0 radical (unpaired) electrons. The highest BCUT2D eigenvalue weighted by molar-refractivity contribution is 5.20. The molecule has 0 aliphatic carbocycles. The maximum atomic E-state index is 5.54. The molecule has 2 heterocycles. The second kappa shape index (κ2) is 3.37. The van der Waals surface area contributed by atoms with Crippen LogP contribution in [0.2, 0.25) is 0 Å². The summed E-state index contributed by atoms with van der Waals surface area (Å²) in [6.45, 7) is 3.98. The van der Waals surface area contributed by atoms with E-state index in [9.17, 15) is 0 Å². The van der Waals surface area contributed by atoms with Gasteiger partial charge < -0.3 is 10.1 Å². The first kappa shape index (κ1) is 9.68. The Bertz CT molecular complexity index is 323. The molecule has 4 heteroatoms. The van der Waals surface area contributed by atoms with Gasteiger partial charge >= 0.3 is 0 Å². The van der Waals surface area contributed by atoms with Crippen molar-refractivity contribution in [1.29, 1.82) is 0 Å². The average Bonchev–Trinajstić information content (AvgIpc) is 2.42. The van der Waals surface area contributed by atoms with Gasteiger partial charge in [-0.25, -0.2) is 0 Å². The third-order valence-corrected chi connectivity index (χ3v) is 3.18. The molecule has 4 nitrogen and oxygen atoms in total.